The van der Waals surface area contributed by atoms with E-state index in [0.29, 0.717) is 17.0 Å². The van der Waals surface area contributed by atoms with Crippen molar-refractivity contribution >= 4 is 22.4 Å². The maximum absolute atomic E-state index is 12.5. The lowest BCUT2D eigenvalue weighted by Gasteiger charge is -2.34. The zero-order valence-electron chi connectivity index (χ0n) is 16.4. The fourth-order valence-electron chi connectivity index (χ4n) is 4.93. The van der Waals surface area contributed by atoms with Gasteiger partial charge in [0.25, 0.3) is 5.56 Å². The first-order valence-electron chi connectivity index (χ1n) is 9.55. The molecule has 0 spiro atoms. The molecule has 2 atom stereocenters. The van der Waals surface area contributed by atoms with Crippen LogP contribution in [0, 0.1) is 16.7 Å². The van der Waals surface area contributed by atoms with Crippen LogP contribution in [0.15, 0.2) is 34.2 Å². The standard InChI is InChI=1S/C21H26N4O2/c1-20(2)13-9-10-21(20,3)17(11-13)22-23-18(26)12-16-14-7-5-6-8-15(14)19(27)25(4)24-16/h5-8,13H,9-12H2,1-4H3,(H,23,26)/b22-17-/t13-,21-/m0/s1. The fraction of sp³-hybridized carbons (Fsp3) is 0.524. The first kappa shape index (κ1) is 17.9. The lowest BCUT2D eigenvalue weighted by atomic mass is 9.70. The van der Waals surface area contributed by atoms with Gasteiger partial charge in [0, 0.05) is 23.6 Å². The summed E-state index contributed by atoms with van der Waals surface area (Å²) >= 11 is 0. The van der Waals surface area contributed by atoms with Crippen molar-refractivity contribution in [2.24, 2.45) is 28.9 Å². The third-order valence-electron chi connectivity index (χ3n) is 7.19. The minimum absolute atomic E-state index is 0.0620. The summed E-state index contributed by atoms with van der Waals surface area (Å²) in [6.07, 6.45) is 3.43. The maximum Gasteiger partial charge on any atom is 0.274 e. The molecule has 1 heterocycles. The van der Waals surface area contributed by atoms with E-state index in [1.54, 1.807) is 13.1 Å². The van der Waals surface area contributed by atoms with Gasteiger partial charge in [0.1, 0.15) is 0 Å². The van der Waals surface area contributed by atoms with Crippen LogP contribution in [0.1, 0.15) is 45.7 Å². The summed E-state index contributed by atoms with van der Waals surface area (Å²) in [5, 5.41) is 10.1. The zero-order valence-corrected chi connectivity index (χ0v) is 16.4. The molecule has 2 aliphatic rings. The maximum atomic E-state index is 12.5. The first-order chi connectivity index (χ1) is 12.7. The normalized spacial score (nSPS) is 27.4. The van der Waals surface area contributed by atoms with E-state index in [-0.39, 0.29) is 28.7 Å². The average molecular weight is 366 g/mol. The summed E-state index contributed by atoms with van der Waals surface area (Å²) in [4.78, 5) is 24.7. The Kier molecular flexibility index (Phi) is 3.98. The summed E-state index contributed by atoms with van der Waals surface area (Å²) in [5.41, 5.74) is 4.57. The van der Waals surface area contributed by atoms with Crippen molar-refractivity contribution in [1.29, 1.82) is 0 Å². The molecule has 0 saturated heterocycles. The summed E-state index contributed by atoms with van der Waals surface area (Å²) in [7, 11) is 1.61. The zero-order chi connectivity index (χ0) is 19.4. The Bertz CT molecular complexity index is 1020. The van der Waals surface area contributed by atoms with E-state index in [1.165, 1.54) is 11.1 Å². The minimum atomic E-state index is -0.206. The van der Waals surface area contributed by atoms with Crippen LogP contribution in [0.2, 0.25) is 0 Å². The number of nitrogens with one attached hydrogen (secondary N) is 1. The van der Waals surface area contributed by atoms with Gasteiger partial charge in [-0.2, -0.15) is 10.2 Å². The van der Waals surface area contributed by atoms with E-state index >= 15 is 0 Å². The smallest absolute Gasteiger partial charge is 0.273 e. The number of amides is 1. The molecule has 6 heteroatoms. The van der Waals surface area contributed by atoms with Gasteiger partial charge in [0.05, 0.1) is 17.5 Å². The van der Waals surface area contributed by atoms with Crippen molar-refractivity contribution in [3.05, 3.63) is 40.3 Å². The van der Waals surface area contributed by atoms with Gasteiger partial charge in [-0.25, -0.2) is 10.1 Å². The van der Waals surface area contributed by atoms with Crippen LogP contribution in [0.5, 0.6) is 0 Å². The summed E-state index contributed by atoms with van der Waals surface area (Å²) in [6, 6.07) is 7.26. The third-order valence-corrected chi connectivity index (χ3v) is 7.19. The van der Waals surface area contributed by atoms with Crippen LogP contribution in [0.3, 0.4) is 0 Å². The highest BCUT2D eigenvalue weighted by atomic mass is 16.2. The third kappa shape index (κ3) is 2.61. The second-order valence-electron chi connectivity index (χ2n) is 8.68. The van der Waals surface area contributed by atoms with Crippen molar-refractivity contribution in [3.8, 4) is 0 Å². The number of hydrogen-bond acceptors (Lipinski definition) is 4. The van der Waals surface area contributed by atoms with E-state index in [1.807, 2.05) is 18.2 Å². The van der Waals surface area contributed by atoms with Crippen LogP contribution in [-0.2, 0) is 18.3 Å². The predicted octanol–water partition coefficient (Wildman–Crippen LogP) is 2.79. The molecule has 2 bridgehead atoms. The number of hydrazone groups is 1. The Labute approximate surface area is 158 Å². The van der Waals surface area contributed by atoms with Gasteiger partial charge >= 0.3 is 0 Å². The molecule has 6 nitrogen and oxygen atoms in total. The quantitative estimate of drug-likeness (QED) is 0.849. The van der Waals surface area contributed by atoms with E-state index in [0.717, 1.165) is 23.9 Å². The number of aryl methyl sites for hydroxylation is 1. The SMILES string of the molecule is Cn1nc(CC(=O)N/N=C2/C[C@@H]3CC[C@]2(C)C3(C)C)c2ccccc2c1=O. The van der Waals surface area contributed by atoms with Gasteiger partial charge in [-0.3, -0.25) is 9.59 Å². The number of carbonyl (C=O) groups excluding carboxylic acids is 1. The summed E-state index contributed by atoms with van der Waals surface area (Å²) in [5.74, 6) is 0.440. The lowest BCUT2D eigenvalue weighted by Crippen LogP contribution is -2.34. The molecule has 142 valence electrons. The van der Waals surface area contributed by atoms with Crippen molar-refractivity contribution < 1.29 is 4.79 Å². The monoisotopic (exact) mass is 366 g/mol. The minimum Gasteiger partial charge on any atom is -0.273 e. The Morgan fingerprint density at radius 3 is 2.63 bits per heavy atom. The van der Waals surface area contributed by atoms with Crippen LogP contribution in [-0.4, -0.2) is 21.4 Å². The van der Waals surface area contributed by atoms with E-state index in [2.05, 4.69) is 36.4 Å². The van der Waals surface area contributed by atoms with Gasteiger partial charge in [-0.1, -0.05) is 39.0 Å². The van der Waals surface area contributed by atoms with Gasteiger partial charge in [-0.15, -0.1) is 0 Å². The molecule has 2 saturated carbocycles. The summed E-state index contributed by atoms with van der Waals surface area (Å²) in [6.45, 7) is 6.90. The Balaban J connectivity index is 1.56. The number of nitrogens with zero attached hydrogens (tertiary/aromatic N) is 3. The average Bonchev–Trinajstić information content (AvgIpc) is 2.97. The van der Waals surface area contributed by atoms with Gasteiger partial charge in [0.2, 0.25) is 5.91 Å². The number of rotatable bonds is 3. The second kappa shape index (κ2) is 6.01. The number of benzene rings is 1. The first-order valence-corrected chi connectivity index (χ1v) is 9.55. The molecule has 2 aromatic rings. The topological polar surface area (TPSA) is 76.3 Å². The number of carbonyl (C=O) groups is 1. The molecule has 4 rings (SSSR count). The van der Waals surface area contributed by atoms with Crippen LogP contribution in [0.4, 0.5) is 0 Å². The van der Waals surface area contributed by atoms with Gasteiger partial charge < -0.3 is 0 Å². The molecule has 1 N–H and O–H groups in total. The Morgan fingerprint density at radius 1 is 1.30 bits per heavy atom. The second-order valence-corrected chi connectivity index (χ2v) is 8.68. The summed E-state index contributed by atoms with van der Waals surface area (Å²) < 4.78 is 1.29. The fourth-order valence-corrected chi connectivity index (χ4v) is 4.93. The van der Waals surface area contributed by atoms with Crippen LogP contribution >= 0.6 is 0 Å². The van der Waals surface area contributed by atoms with Gasteiger partial charge in [0.15, 0.2) is 0 Å². The number of aromatic nitrogens is 2. The van der Waals surface area contributed by atoms with E-state index in [9.17, 15) is 9.59 Å². The highest BCUT2D eigenvalue weighted by molar-refractivity contribution is 5.95. The molecule has 0 radical (unpaired) electrons. The van der Waals surface area contributed by atoms with Crippen molar-refractivity contribution in [3.63, 3.8) is 0 Å². The van der Waals surface area contributed by atoms with E-state index in [4.69, 9.17) is 0 Å². The van der Waals surface area contributed by atoms with E-state index < -0.39 is 0 Å². The molecule has 0 unspecified atom stereocenters. The molecular weight excluding hydrogens is 340 g/mol. The van der Waals surface area contributed by atoms with Crippen LogP contribution in [0.25, 0.3) is 10.8 Å². The van der Waals surface area contributed by atoms with Crippen molar-refractivity contribution in [2.45, 2.75) is 46.5 Å². The largest absolute Gasteiger partial charge is 0.274 e. The van der Waals surface area contributed by atoms with Crippen molar-refractivity contribution in [2.75, 3.05) is 0 Å². The number of fused-ring (bicyclic) bond motifs is 3. The molecule has 27 heavy (non-hydrogen) atoms. The number of hydrogen-bond donors (Lipinski definition) is 1. The lowest BCUT2D eigenvalue weighted by molar-refractivity contribution is -0.120. The molecule has 2 aliphatic carbocycles. The highest BCUT2D eigenvalue weighted by Gasteiger charge is 2.60. The molecule has 0 aliphatic heterocycles. The predicted molar refractivity (Wildman–Crippen MR) is 105 cm³/mol. The molecule has 1 aromatic heterocycles. The van der Waals surface area contributed by atoms with Crippen LogP contribution < -0.4 is 11.0 Å². The highest BCUT2D eigenvalue weighted by Crippen LogP contribution is 2.63. The molecule has 2 fully saturated rings. The van der Waals surface area contributed by atoms with Gasteiger partial charge in [-0.05, 0) is 36.7 Å². The Hall–Kier alpha value is -2.50. The Morgan fingerprint density at radius 2 is 2.00 bits per heavy atom. The molecule has 1 aromatic carbocycles. The van der Waals surface area contributed by atoms with Crippen molar-refractivity contribution in [1.82, 2.24) is 15.2 Å². The molecule has 1 amide bonds. The molecular formula is C21H26N4O2.